The lowest BCUT2D eigenvalue weighted by molar-refractivity contribution is -0.140. The summed E-state index contributed by atoms with van der Waals surface area (Å²) in [6.07, 6.45) is 0. The Morgan fingerprint density at radius 3 is 2.12 bits per heavy atom. The van der Waals surface area contributed by atoms with E-state index < -0.39 is 34.1 Å². The molecule has 2 amide bonds. The summed E-state index contributed by atoms with van der Waals surface area (Å²) in [4.78, 5) is 28.7. The molecule has 0 heterocycles. The van der Waals surface area contributed by atoms with E-state index in [2.05, 4.69) is 5.32 Å². The molecule has 1 atom stereocenters. The first kappa shape index (κ1) is 31.5. The zero-order chi connectivity index (χ0) is 30.4. The summed E-state index contributed by atoms with van der Waals surface area (Å²) >= 11 is 0. The average Bonchev–Trinajstić information content (AvgIpc) is 2.93. The summed E-state index contributed by atoms with van der Waals surface area (Å²) in [5.74, 6) is -0.293. The SMILES string of the molecule is COc1ccc(OC)c(N(CC(=O)N(Cc2ccccc2)C(C)C(=O)NC(C)(C)C)S(=O)(=O)c2ccc(C)cc2)c1. The smallest absolute Gasteiger partial charge is 0.264 e. The number of carbonyl (C=O) groups excluding carboxylic acids is 2. The van der Waals surface area contributed by atoms with E-state index in [1.165, 1.54) is 37.3 Å². The highest BCUT2D eigenvalue weighted by atomic mass is 32.2. The fraction of sp³-hybridized carbons (Fsp3) is 0.355. The van der Waals surface area contributed by atoms with Crippen molar-refractivity contribution in [3.05, 3.63) is 83.9 Å². The molecule has 0 spiro atoms. The molecule has 1 N–H and O–H groups in total. The van der Waals surface area contributed by atoms with Crippen molar-refractivity contribution in [2.24, 2.45) is 0 Å². The Kier molecular flexibility index (Phi) is 10.0. The Morgan fingerprint density at radius 2 is 1.56 bits per heavy atom. The Balaban J connectivity index is 2.12. The van der Waals surface area contributed by atoms with Crippen molar-refractivity contribution in [2.45, 2.75) is 57.6 Å². The van der Waals surface area contributed by atoms with Crippen LogP contribution in [0.1, 0.15) is 38.8 Å². The van der Waals surface area contributed by atoms with Crippen LogP contribution in [0.3, 0.4) is 0 Å². The zero-order valence-corrected chi connectivity index (χ0v) is 25.5. The molecule has 3 rings (SSSR count). The van der Waals surface area contributed by atoms with E-state index in [1.807, 2.05) is 58.0 Å². The van der Waals surface area contributed by atoms with Crippen LogP contribution in [-0.4, -0.2) is 57.5 Å². The number of rotatable bonds is 11. The van der Waals surface area contributed by atoms with Crippen molar-refractivity contribution in [1.29, 1.82) is 0 Å². The lowest BCUT2D eigenvalue weighted by Crippen LogP contribution is -2.54. The summed E-state index contributed by atoms with van der Waals surface area (Å²) in [5.41, 5.74) is 1.29. The highest BCUT2D eigenvalue weighted by Gasteiger charge is 2.34. The third-order valence-corrected chi connectivity index (χ3v) is 8.18. The normalized spacial score (nSPS) is 12.3. The number of carbonyl (C=O) groups is 2. The summed E-state index contributed by atoms with van der Waals surface area (Å²) < 4.78 is 40.1. The molecule has 0 aromatic heterocycles. The topological polar surface area (TPSA) is 105 Å². The van der Waals surface area contributed by atoms with Crippen molar-refractivity contribution in [2.75, 3.05) is 25.1 Å². The number of hydrogen-bond acceptors (Lipinski definition) is 6. The third kappa shape index (κ3) is 8.00. The second kappa shape index (κ2) is 13.1. The molecule has 3 aromatic rings. The molecule has 41 heavy (non-hydrogen) atoms. The number of hydrogen-bond donors (Lipinski definition) is 1. The number of anilines is 1. The third-order valence-electron chi connectivity index (χ3n) is 6.40. The fourth-order valence-electron chi connectivity index (χ4n) is 4.18. The summed E-state index contributed by atoms with van der Waals surface area (Å²) in [7, 11) is -1.37. The zero-order valence-electron chi connectivity index (χ0n) is 24.7. The van der Waals surface area contributed by atoms with E-state index in [1.54, 1.807) is 31.2 Å². The van der Waals surface area contributed by atoms with E-state index >= 15 is 0 Å². The van der Waals surface area contributed by atoms with Gasteiger partial charge in [-0.25, -0.2) is 8.42 Å². The van der Waals surface area contributed by atoms with Crippen LogP contribution in [0.4, 0.5) is 5.69 Å². The Labute approximate surface area is 243 Å². The van der Waals surface area contributed by atoms with E-state index in [0.717, 1.165) is 15.4 Å². The maximum atomic E-state index is 14.1. The van der Waals surface area contributed by atoms with Gasteiger partial charge in [0.1, 0.15) is 24.1 Å². The number of ether oxygens (including phenoxy) is 2. The molecule has 220 valence electrons. The van der Waals surface area contributed by atoms with Gasteiger partial charge in [0.05, 0.1) is 24.8 Å². The molecule has 0 fully saturated rings. The Bertz CT molecular complexity index is 1450. The van der Waals surface area contributed by atoms with Gasteiger partial charge in [-0.2, -0.15) is 0 Å². The highest BCUT2D eigenvalue weighted by molar-refractivity contribution is 7.92. The molecular weight excluding hydrogens is 542 g/mol. The number of methoxy groups -OCH3 is 2. The molecule has 0 saturated heterocycles. The second-order valence-corrected chi connectivity index (χ2v) is 12.6. The van der Waals surface area contributed by atoms with Crippen LogP contribution in [0.2, 0.25) is 0 Å². The molecule has 10 heteroatoms. The van der Waals surface area contributed by atoms with Gasteiger partial charge in [-0.1, -0.05) is 48.0 Å². The van der Waals surface area contributed by atoms with Gasteiger partial charge in [-0.3, -0.25) is 13.9 Å². The minimum atomic E-state index is -4.25. The first-order valence-electron chi connectivity index (χ1n) is 13.2. The Morgan fingerprint density at radius 1 is 0.927 bits per heavy atom. The van der Waals surface area contributed by atoms with Crippen LogP contribution in [-0.2, 0) is 26.2 Å². The first-order valence-corrected chi connectivity index (χ1v) is 14.7. The molecule has 3 aromatic carbocycles. The largest absolute Gasteiger partial charge is 0.497 e. The molecule has 0 aliphatic carbocycles. The highest BCUT2D eigenvalue weighted by Crippen LogP contribution is 2.36. The number of amides is 2. The predicted octanol–water partition coefficient (Wildman–Crippen LogP) is 4.54. The van der Waals surface area contributed by atoms with Crippen LogP contribution in [0.15, 0.2) is 77.7 Å². The summed E-state index contributed by atoms with van der Waals surface area (Å²) in [6.45, 7) is 8.57. The molecular formula is C31H39N3O6S. The van der Waals surface area contributed by atoms with E-state index in [9.17, 15) is 18.0 Å². The quantitative estimate of drug-likeness (QED) is 0.357. The Hall–Kier alpha value is -4.05. The van der Waals surface area contributed by atoms with Crippen molar-refractivity contribution in [3.8, 4) is 11.5 Å². The number of sulfonamides is 1. The van der Waals surface area contributed by atoms with Crippen LogP contribution < -0.4 is 19.1 Å². The van der Waals surface area contributed by atoms with Gasteiger partial charge in [0.25, 0.3) is 10.0 Å². The fourth-order valence-corrected chi connectivity index (χ4v) is 5.60. The van der Waals surface area contributed by atoms with Gasteiger partial charge in [0, 0.05) is 18.2 Å². The minimum absolute atomic E-state index is 0.00825. The maximum absolute atomic E-state index is 14.1. The number of benzene rings is 3. The van der Waals surface area contributed by atoms with E-state index in [0.29, 0.717) is 5.75 Å². The molecule has 0 aliphatic heterocycles. The average molecular weight is 582 g/mol. The van der Waals surface area contributed by atoms with Crippen molar-refractivity contribution in [1.82, 2.24) is 10.2 Å². The van der Waals surface area contributed by atoms with Crippen LogP contribution in [0, 0.1) is 6.92 Å². The molecule has 9 nitrogen and oxygen atoms in total. The monoisotopic (exact) mass is 581 g/mol. The second-order valence-electron chi connectivity index (χ2n) is 10.8. The van der Waals surface area contributed by atoms with Crippen molar-refractivity contribution >= 4 is 27.5 Å². The van der Waals surface area contributed by atoms with E-state index in [-0.39, 0.29) is 28.8 Å². The summed E-state index contributed by atoms with van der Waals surface area (Å²) in [6, 6.07) is 19.4. The van der Waals surface area contributed by atoms with Gasteiger partial charge in [0.15, 0.2) is 0 Å². The van der Waals surface area contributed by atoms with Crippen molar-refractivity contribution < 1.29 is 27.5 Å². The standard InChI is InChI=1S/C31H39N3O6S/c1-22-13-16-26(17-14-22)41(37,38)34(27-19-25(39-6)15-18-28(27)40-7)21-29(35)33(20-24-11-9-8-10-12-24)23(2)30(36)32-31(3,4)5/h8-19,23H,20-21H2,1-7H3,(H,32,36). The molecule has 0 aliphatic rings. The van der Waals surface area contributed by atoms with Gasteiger partial charge < -0.3 is 19.7 Å². The number of nitrogens with one attached hydrogen (secondary N) is 1. The van der Waals surface area contributed by atoms with Gasteiger partial charge in [-0.05, 0) is 64.4 Å². The summed E-state index contributed by atoms with van der Waals surface area (Å²) in [5, 5.41) is 2.92. The van der Waals surface area contributed by atoms with Crippen LogP contribution >= 0.6 is 0 Å². The van der Waals surface area contributed by atoms with E-state index in [4.69, 9.17) is 9.47 Å². The molecule has 0 radical (unpaired) electrons. The maximum Gasteiger partial charge on any atom is 0.264 e. The van der Waals surface area contributed by atoms with Gasteiger partial charge in [-0.15, -0.1) is 0 Å². The number of aryl methyl sites for hydroxylation is 1. The lowest BCUT2D eigenvalue weighted by Gasteiger charge is -2.33. The number of nitrogens with zero attached hydrogens (tertiary/aromatic N) is 2. The minimum Gasteiger partial charge on any atom is -0.497 e. The first-order chi connectivity index (χ1) is 19.3. The van der Waals surface area contributed by atoms with Gasteiger partial charge in [0.2, 0.25) is 11.8 Å². The van der Waals surface area contributed by atoms with Crippen LogP contribution in [0.5, 0.6) is 11.5 Å². The van der Waals surface area contributed by atoms with Gasteiger partial charge >= 0.3 is 0 Å². The van der Waals surface area contributed by atoms with Crippen molar-refractivity contribution in [3.63, 3.8) is 0 Å². The molecule has 1 unspecified atom stereocenters. The molecule has 0 bridgehead atoms. The molecule has 0 saturated carbocycles. The lowest BCUT2D eigenvalue weighted by atomic mass is 10.1. The van der Waals surface area contributed by atoms with Crippen LogP contribution in [0.25, 0.3) is 0 Å². The predicted molar refractivity (Wildman–Crippen MR) is 160 cm³/mol.